The normalized spacial score (nSPS) is 11.1. The van der Waals surface area contributed by atoms with Gasteiger partial charge in [-0.1, -0.05) is 18.2 Å². The van der Waals surface area contributed by atoms with Crippen molar-refractivity contribution in [3.8, 4) is 22.8 Å². The molecular formula is C16H11N3O2S. The molecule has 0 aliphatic heterocycles. The summed E-state index contributed by atoms with van der Waals surface area (Å²) >= 11 is 1.56. The largest absolute Gasteiger partial charge is 0.494 e. The Morgan fingerprint density at radius 1 is 1.18 bits per heavy atom. The van der Waals surface area contributed by atoms with E-state index in [4.69, 9.17) is 0 Å². The van der Waals surface area contributed by atoms with E-state index in [9.17, 15) is 9.90 Å². The molecule has 6 heteroatoms. The Balaban J connectivity index is 2.15. The molecule has 0 saturated heterocycles. The summed E-state index contributed by atoms with van der Waals surface area (Å²) < 4.78 is 1.74. The molecule has 4 rings (SSSR count). The predicted molar refractivity (Wildman–Crippen MR) is 86.7 cm³/mol. The van der Waals surface area contributed by atoms with Gasteiger partial charge in [0.25, 0.3) is 5.56 Å². The Morgan fingerprint density at radius 3 is 2.73 bits per heavy atom. The number of benzene rings is 1. The maximum absolute atomic E-state index is 12.3. The summed E-state index contributed by atoms with van der Waals surface area (Å²) in [6.45, 7) is 0. The van der Waals surface area contributed by atoms with Crippen LogP contribution < -0.4 is 5.56 Å². The summed E-state index contributed by atoms with van der Waals surface area (Å²) in [6, 6.07) is 13.0. The summed E-state index contributed by atoms with van der Waals surface area (Å²) in [5.74, 6) is -0.188. The molecule has 108 valence electrons. The second-order valence-electron chi connectivity index (χ2n) is 4.85. The van der Waals surface area contributed by atoms with Crippen molar-refractivity contribution in [2.24, 2.45) is 0 Å². The third-order valence-corrected chi connectivity index (χ3v) is 4.13. The number of pyridine rings is 1. The maximum Gasteiger partial charge on any atom is 0.262 e. The fourth-order valence-electron chi connectivity index (χ4n) is 2.53. The zero-order valence-electron chi connectivity index (χ0n) is 11.4. The van der Waals surface area contributed by atoms with Gasteiger partial charge < -0.3 is 5.11 Å². The Morgan fingerprint density at radius 2 is 2.00 bits per heavy atom. The van der Waals surface area contributed by atoms with E-state index in [1.54, 1.807) is 16.0 Å². The predicted octanol–water partition coefficient (Wildman–Crippen LogP) is 3.15. The van der Waals surface area contributed by atoms with Gasteiger partial charge in [0.2, 0.25) is 0 Å². The molecule has 0 fully saturated rings. The Hall–Kier alpha value is -2.86. The van der Waals surface area contributed by atoms with E-state index in [2.05, 4.69) is 10.1 Å². The summed E-state index contributed by atoms with van der Waals surface area (Å²) in [4.78, 5) is 14.7. The number of thiophene rings is 1. The smallest absolute Gasteiger partial charge is 0.262 e. The fourth-order valence-corrected chi connectivity index (χ4v) is 3.17. The quantitative estimate of drug-likeness (QED) is 0.597. The lowest BCUT2D eigenvalue weighted by molar-refractivity contribution is 0.453. The lowest BCUT2D eigenvalue weighted by atomic mass is 10.1. The van der Waals surface area contributed by atoms with Gasteiger partial charge in [-0.25, -0.2) is 4.68 Å². The molecule has 3 heterocycles. The van der Waals surface area contributed by atoms with Crippen molar-refractivity contribution in [1.29, 1.82) is 0 Å². The third-order valence-electron chi connectivity index (χ3n) is 3.45. The Labute approximate surface area is 129 Å². The average Bonchev–Trinajstić information content (AvgIpc) is 3.14. The number of hydrogen-bond acceptors (Lipinski definition) is 4. The number of para-hydroxylation sites is 1. The topological polar surface area (TPSA) is 70.9 Å². The van der Waals surface area contributed by atoms with E-state index in [0.29, 0.717) is 10.9 Å². The molecule has 0 amide bonds. The minimum atomic E-state index is -0.349. The average molecular weight is 309 g/mol. The van der Waals surface area contributed by atoms with Crippen LogP contribution in [0.25, 0.3) is 27.8 Å². The van der Waals surface area contributed by atoms with Gasteiger partial charge >= 0.3 is 0 Å². The number of H-pyrrole nitrogens is 1. The molecule has 0 unspecified atom stereocenters. The molecule has 0 atom stereocenters. The zero-order chi connectivity index (χ0) is 15.1. The van der Waals surface area contributed by atoms with Crippen molar-refractivity contribution in [3.05, 3.63) is 63.6 Å². The van der Waals surface area contributed by atoms with Crippen molar-refractivity contribution >= 4 is 22.2 Å². The van der Waals surface area contributed by atoms with Crippen LogP contribution in [0, 0.1) is 0 Å². The van der Waals surface area contributed by atoms with Crippen molar-refractivity contribution in [1.82, 2.24) is 14.8 Å². The minimum Gasteiger partial charge on any atom is -0.494 e. The summed E-state index contributed by atoms with van der Waals surface area (Å²) in [7, 11) is 0. The van der Waals surface area contributed by atoms with Crippen LogP contribution in [0.4, 0.5) is 0 Å². The Bertz CT molecular complexity index is 1000. The summed E-state index contributed by atoms with van der Waals surface area (Å²) in [5.41, 5.74) is 2.62. The second-order valence-corrected chi connectivity index (χ2v) is 5.63. The van der Waals surface area contributed by atoms with E-state index in [1.807, 2.05) is 47.2 Å². The molecule has 0 saturated carbocycles. The number of nitrogens with one attached hydrogen (secondary N) is 1. The van der Waals surface area contributed by atoms with Crippen LogP contribution in [0.2, 0.25) is 0 Å². The second kappa shape index (κ2) is 4.85. The van der Waals surface area contributed by atoms with E-state index < -0.39 is 0 Å². The van der Waals surface area contributed by atoms with Crippen LogP contribution in [-0.2, 0) is 0 Å². The highest BCUT2D eigenvalue weighted by Gasteiger charge is 2.18. The van der Waals surface area contributed by atoms with E-state index >= 15 is 0 Å². The highest BCUT2D eigenvalue weighted by atomic mass is 32.1. The van der Waals surface area contributed by atoms with Crippen molar-refractivity contribution in [2.75, 3.05) is 0 Å². The van der Waals surface area contributed by atoms with Crippen LogP contribution in [0.5, 0.6) is 5.88 Å². The minimum absolute atomic E-state index is 0.188. The number of nitrogens with zero attached hydrogens (tertiary/aromatic N) is 2. The number of aromatic amines is 1. The monoisotopic (exact) mass is 309 g/mol. The van der Waals surface area contributed by atoms with Gasteiger partial charge in [0.1, 0.15) is 5.52 Å². The lowest BCUT2D eigenvalue weighted by Crippen LogP contribution is -2.05. The van der Waals surface area contributed by atoms with Gasteiger partial charge in [-0.05, 0) is 23.6 Å². The molecule has 3 aromatic heterocycles. The molecule has 0 bridgehead atoms. The highest BCUT2D eigenvalue weighted by molar-refractivity contribution is 7.08. The summed E-state index contributed by atoms with van der Waals surface area (Å²) in [6.07, 6.45) is 0. The summed E-state index contributed by atoms with van der Waals surface area (Å²) in [5, 5.41) is 18.5. The maximum atomic E-state index is 12.3. The Kier molecular flexibility index (Phi) is 2.83. The van der Waals surface area contributed by atoms with Crippen molar-refractivity contribution < 1.29 is 5.11 Å². The van der Waals surface area contributed by atoms with E-state index in [-0.39, 0.29) is 11.4 Å². The SMILES string of the molecule is O=c1[nH]c(O)cc2nn(-c3ccccc3)c(-c3ccsc3)c12. The molecule has 0 spiro atoms. The van der Waals surface area contributed by atoms with Crippen LogP contribution in [0.15, 0.2) is 58.0 Å². The lowest BCUT2D eigenvalue weighted by Gasteiger charge is -2.05. The number of fused-ring (bicyclic) bond motifs is 1. The molecule has 22 heavy (non-hydrogen) atoms. The molecule has 0 aliphatic carbocycles. The molecular weight excluding hydrogens is 298 g/mol. The van der Waals surface area contributed by atoms with Crippen LogP contribution >= 0.6 is 11.3 Å². The van der Waals surface area contributed by atoms with Crippen molar-refractivity contribution in [2.45, 2.75) is 0 Å². The van der Waals surface area contributed by atoms with Gasteiger partial charge in [-0.2, -0.15) is 16.4 Å². The molecule has 4 aromatic rings. The highest BCUT2D eigenvalue weighted by Crippen LogP contribution is 2.31. The first-order chi connectivity index (χ1) is 10.7. The first-order valence-corrected chi connectivity index (χ1v) is 7.61. The fraction of sp³-hybridized carbons (Fsp3) is 0. The standard InChI is InChI=1S/C16H11N3O2S/c20-13-8-12-14(16(21)17-13)15(10-6-7-22-9-10)19(18-12)11-4-2-1-3-5-11/h1-9,20H,(H,17,21). The van der Waals surface area contributed by atoms with Crippen LogP contribution in [0.3, 0.4) is 0 Å². The van der Waals surface area contributed by atoms with Crippen molar-refractivity contribution in [3.63, 3.8) is 0 Å². The van der Waals surface area contributed by atoms with E-state index in [0.717, 1.165) is 16.9 Å². The van der Waals surface area contributed by atoms with Gasteiger partial charge in [-0.15, -0.1) is 0 Å². The number of aromatic nitrogens is 3. The van der Waals surface area contributed by atoms with Gasteiger partial charge in [-0.3, -0.25) is 9.78 Å². The first-order valence-electron chi connectivity index (χ1n) is 6.67. The first kappa shape index (κ1) is 12.8. The number of aromatic hydroxyl groups is 1. The molecule has 0 aliphatic rings. The van der Waals surface area contributed by atoms with Gasteiger partial charge in [0.15, 0.2) is 5.88 Å². The molecule has 0 radical (unpaired) electrons. The molecule has 5 nitrogen and oxygen atoms in total. The molecule has 1 aromatic carbocycles. The van der Waals surface area contributed by atoms with Crippen LogP contribution in [-0.4, -0.2) is 19.9 Å². The number of rotatable bonds is 2. The third kappa shape index (κ3) is 1.93. The molecule has 2 N–H and O–H groups in total. The van der Waals surface area contributed by atoms with Gasteiger partial charge in [0, 0.05) is 17.0 Å². The van der Waals surface area contributed by atoms with E-state index in [1.165, 1.54) is 6.07 Å². The van der Waals surface area contributed by atoms with Gasteiger partial charge in [0.05, 0.1) is 16.8 Å². The zero-order valence-corrected chi connectivity index (χ0v) is 12.2. The number of hydrogen-bond donors (Lipinski definition) is 2. The van der Waals surface area contributed by atoms with Crippen LogP contribution in [0.1, 0.15) is 0 Å².